The van der Waals surface area contributed by atoms with Crippen molar-refractivity contribution in [3.8, 4) is 11.5 Å². The highest BCUT2D eigenvalue weighted by Crippen LogP contribution is 2.57. The minimum Gasteiger partial charge on any atom is -0.437 e. The molecule has 0 amide bonds. The van der Waals surface area contributed by atoms with Gasteiger partial charge in [0.1, 0.15) is 11.5 Å². The molecular weight excluding hydrogens is 402 g/mol. The van der Waals surface area contributed by atoms with Gasteiger partial charge in [-0.05, 0) is 48.3 Å². The molecule has 3 unspecified atom stereocenters. The lowest BCUT2D eigenvalue weighted by atomic mass is 9.68. The van der Waals surface area contributed by atoms with Crippen LogP contribution in [0.4, 0.5) is 13.6 Å². The van der Waals surface area contributed by atoms with Crippen molar-refractivity contribution >= 4 is 6.16 Å². The first-order chi connectivity index (χ1) is 14.6. The molecule has 4 nitrogen and oxygen atoms in total. The Hall–Kier alpha value is -1.85. The van der Waals surface area contributed by atoms with Gasteiger partial charge in [-0.2, -0.15) is 8.78 Å². The van der Waals surface area contributed by atoms with Crippen molar-refractivity contribution in [1.29, 1.82) is 0 Å². The fraction of sp³-hybridized carbons (Fsp3) is 0.720. The van der Waals surface area contributed by atoms with Crippen LogP contribution in [0.1, 0.15) is 96.1 Å². The van der Waals surface area contributed by atoms with E-state index in [4.69, 9.17) is 14.2 Å². The maximum Gasteiger partial charge on any atom is 0.513 e. The van der Waals surface area contributed by atoms with E-state index in [-0.39, 0.29) is 11.2 Å². The molecule has 0 aromatic heterocycles. The lowest BCUT2D eigenvalue weighted by molar-refractivity contribution is -0.237. The van der Waals surface area contributed by atoms with Crippen LogP contribution < -0.4 is 9.47 Å². The molecule has 31 heavy (non-hydrogen) atoms. The van der Waals surface area contributed by atoms with Crippen molar-refractivity contribution < 1.29 is 27.8 Å². The van der Waals surface area contributed by atoms with Crippen LogP contribution in [0.5, 0.6) is 11.5 Å². The van der Waals surface area contributed by atoms with E-state index >= 15 is 0 Å². The van der Waals surface area contributed by atoms with Gasteiger partial charge in [0.2, 0.25) is 0 Å². The lowest BCUT2D eigenvalue weighted by Gasteiger charge is -2.44. The number of carbonyl (C=O) groups excluding carboxylic acids is 1. The molecule has 0 bridgehead atoms. The first kappa shape index (κ1) is 23.8. The predicted octanol–water partition coefficient (Wildman–Crippen LogP) is 7.58. The Morgan fingerprint density at radius 1 is 1.23 bits per heavy atom. The number of hydrogen-bond donors (Lipinski definition) is 0. The van der Waals surface area contributed by atoms with Gasteiger partial charge in [0.05, 0.1) is 13.0 Å². The van der Waals surface area contributed by atoms with Crippen LogP contribution >= 0.6 is 0 Å². The molecule has 1 aromatic rings. The van der Waals surface area contributed by atoms with E-state index in [0.717, 1.165) is 37.7 Å². The topological polar surface area (TPSA) is 44.8 Å². The molecule has 6 heteroatoms. The number of fused-ring (bicyclic) bond motifs is 3. The van der Waals surface area contributed by atoms with E-state index in [0.29, 0.717) is 30.1 Å². The largest absolute Gasteiger partial charge is 0.513 e. The highest BCUT2D eigenvalue weighted by molar-refractivity contribution is 5.66. The molecule has 1 saturated carbocycles. The van der Waals surface area contributed by atoms with Gasteiger partial charge < -0.3 is 14.2 Å². The van der Waals surface area contributed by atoms with E-state index in [2.05, 4.69) is 27.7 Å². The molecule has 1 aliphatic carbocycles. The second kappa shape index (κ2) is 9.33. The SMILES string of the molecule is CCCCCCC(C)(C)c1cc(OC(=O)OC)c2c(c1)OC(F)(F)C1CCC(C)CC21. The van der Waals surface area contributed by atoms with E-state index in [1.807, 2.05) is 6.07 Å². The zero-order valence-corrected chi connectivity index (χ0v) is 19.4. The monoisotopic (exact) mass is 438 g/mol. The summed E-state index contributed by atoms with van der Waals surface area (Å²) in [6.45, 7) is 8.43. The molecule has 1 aliphatic heterocycles. The zero-order chi connectivity index (χ0) is 22.8. The molecule has 0 saturated heterocycles. The molecule has 0 spiro atoms. The van der Waals surface area contributed by atoms with Gasteiger partial charge in [0.15, 0.2) is 0 Å². The minimum absolute atomic E-state index is 0.137. The van der Waals surface area contributed by atoms with Crippen LogP contribution in [0.3, 0.4) is 0 Å². The molecule has 1 aromatic carbocycles. The normalized spacial score (nSPS) is 24.5. The van der Waals surface area contributed by atoms with E-state index < -0.39 is 24.1 Å². The highest BCUT2D eigenvalue weighted by Gasteiger charge is 2.54. The third-order valence-corrected chi connectivity index (χ3v) is 7.06. The van der Waals surface area contributed by atoms with Gasteiger partial charge >= 0.3 is 12.3 Å². The highest BCUT2D eigenvalue weighted by atomic mass is 19.3. The summed E-state index contributed by atoms with van der Waals surface area (Å²) in [4.78, 5) is 12.0. The van der Waals surface area contributed by atoms with Gasteiger partial charge in [-0.25, -0.2) is 4.79 Å². The van der Waals surface area contributed by atoms with Crippen molar-refractivity contribution in [2.24, 2.45) is 11.8 Å². The number of carbonyl (C=O) groups is 1. The zero-order valence-electron chi connectivity index (χ0n) is 19.4. The van der Waals surface area contributed by atoms with E-state index in [1.54, 1.807) is 6.07 Å². The molecule has 1 heterocycles. The third-order valence-electron chi connectivity index (χ3n) is 7.06. The molecule has 1 fully saturated rings. The maximum atomic E-state index is 15.0. The Morgan fingerprint density at radius 2 is 1.97 bits per heavy atom. The van der Waals surface area contributed by atoms with Crippen LogP contribution in [0.2, 0.25) is 0 Å². The van der Waals surface area contributed by atoms with Crippen molar-refractivity contribution in [3.63, 3.8) is 0 Å². The molecule has 174 valence electrons. The molecule has 2 aliphatic rings. The van der Waals surface area contributed by atoms with Gasteiger partial charge in [-0.1, -0.05) is 59.8 Å². The second-order valence-corrected chi connectivity index (χ2v) is 9.93. The summed E-state index contributed by atoms with van der Waals surface area (Å²) < 4.78 is 45.4. The van der Waals surface area contributed by atoms with Crippen molar-refractivity contribution in [2.45, 2.75) is 96.5 Å². The van der Waals surface area contributed by atoms with Crippen LogP contribution in [0, 0.1) is 11.8 Å². The molecule has 3 atom stereocenters. The predicted molar refractivity (Wildman–Crippen MR) is 116 cm³/mol. The van der Waals surface area contributed by atoms with Crippen LogP contribution in [-0.4, -0.2) is 19.4 Å². The fourth-order valence-electron chi connectivity index (χ4n) is 5.12. The first-order valence-electron chi connectivity index (χ1n) is 11.6. The third kappa shape index (κ3) is 5.15. The summed E-state index contributed by atoms with van der Waals surface area (Å²) in [5.74, 6) is -0.574. The van der Waals surface area contributed by atoms with Gasteiger partial charge in [-0.15, -0.1) is 0 Å². The molecule has 0 N–H and O–H groups in total. The Balaban J connectivity index is 2.04. The summed E-state index contributed by atoms with van der Waals surface area (Å²) in [5, 5.41) is 0. The Labute approximate surface area is 184 Å². The number of benzene rings is 1. The smallest absolute Gasteiger partial charge is 0.437 e. The average molecular weight is 439 g/mol. The standard InChI is InChI=1S/C25H36F2O4/c1-6-7-8-9-12-24(3,4)17-14-20(30-23(28)29-5)22-18-13-16(2)10-11-19(18)25(26,27)31-21(22)15-17/h14-16,18-19H,6-13H2,1-5H3. The van der Waals surface area contributed by atoms with Gasteiger partial charge in [-0.3, -0.25) is 0 Å². The van der Waals surface area contributed by atoms with Gasteiger partial charge in [0, 0.05) is 11.5 Å². The van der Waals surface area contributed by atoms with Crippen LogP contribution in [-0.2, 0) is 10.2 Å². The quantitative estimate of drug-likeness (QED) is 0.250. The Morgan fingerprint density at radius 3 is 2.65 bits per heavy atom. The Bertz CT molecular complexity index is 790. The van der Waals surface area contributed by atoms with Crippen LogP contribution in [0.25, 0.3) is 0 Å². The number of rotatable bonds is 7. The van der Waals surface area contributed by atoms with E-state index in [9.17, 15) is 13.6 Å². The van der Waals surface area contributed by atoms with Crippen molar-refractivity contribution in [2.75, 3.05) is 7.11 Å². The number of unbranched alkanes of at least 4 members (excludes halogenated alkanes) is 3. The first-order valence-corrected chi connectivity index (χ1v) is 11.6. The van der Waals surface area contributed by atoms with Crippen molar-refractivity contribution in [3.05, 3.63) is 23.3 Å². The number of alkyl halides is 2. The summed E-state index contributed by atoms with van der Waals surface area (Å²) >= 11 is 0. The average Bonchev–Trinajstić information content (AvgIpc) is 2.70. The lowest BCUT2D eigenvalue weighted by Crippen LogP contribution is -2.45. The van der Waals surface area contributed by atoms with Gasteiger partial charge in [0.25, 0.3) is 0 Å². The van der Waals surface area contributed by atoms with Crippen molar-refractivity contribution in [1.82, 2.24) is 0 Å². The fourth-order valence-corrected chi connectivity index (χ4v) is 5.12. The molecule has 0 radical (unpaired) electrons. The molecule has 3 rings (SSSR count). The molecular formula is C25H36F2O4. The second-order valence-electron chi connectivity index (χ2n) is 9.93. The maximum absolute atomic E-state index is 15.0. The summed E-state index contributed by atoms with van der Waals surface area (Å²) in [7, 11) is 1.24. The van der Waals surface area contributed by atoms with Crippen LogP contribution in [0.15, 0.2) is 12.1 Å². The Kier molecular flexibility index (Phi) is 7.17. The summed E-state index contributed by atoms with van der Waals surface area (Å²) in [6, 6.07) is 3.57. The van der Waals surface area contributed by atoms with E-state index in [1.165, 1.54) is 13.5 Å². The number of hydrogen-bond acceptors (Lipinski definition) is 4. The number of halogens is 2. The summed E-state index contributed by atoms with van der Waals surface area (Å²) in [6.07, 6.45) is 3.08. The summed E-state index contributed by atoms with van der Waals surface area (Å²) in [5.41, 5.74) is 1.14. The number of methoxy groups -OCH3 is 1. The minimum atomic E-state index is -3.23. The number of ether oxygens (including phenoxy) is 3.